The van der Waals surface area contributed by atoms with Crippen molar-refractivity contribution in [3.63, 3.8) is 0 Å². The van der Waals surface area contributed by atoms with Crippen LogP contribution in [0, 0.1) is 0 Å². The van der Waals surface area contributed by atoms with E-state index in [2.05, 4.69) is 24.0 Å². The predicted octanol–water partition coefficient (Wildman–Crippen LogP) is 1.30. The lowest BCUT2D eigenvalue weighted by atomic mass is 10.1. The average Bonchev–Trinajstić information content (AvgIpc) is 2.17. The summed E-state index contributed by atoms with van der Waals surface area (Å²) in [6, 6.07) is 3.66. The number of rotatable bonds is 2. The van der Waals surface area contributed by atoms with Gasteiger partial charge in [0.15, 0.2) is 5.84 Å². The van der Waals surface area contributed by atoms with Gasteiger partial charge >= 0.3 is 0 Å². The molecule has 70 valence electrons. The first-order valence-electron chi connectivity index (χ1n) is 4.09. The zero-order valence-corrected chi connectivity index (χ0v) is 7.73. The smallest absolute Gasteiger partial charge is 0.188 e. The summed E-state index contributed by atoms with van der Waals surface area (Å²) in [5, 5.41) is 11.3. The Morgan fingerprint density at radius 2 is 2.23 bits per heavy atom. The molecule has 13 heavy (non-hydrogen) atoms. The third-order valence-corrected chi connectivity index (χ3v) is 1.82. The van der Waals surface area contributed by atoms with Gasteiger partial charge in [-0.05, 0) is 17.5 Å². The van der Waals surface area contributed by atoms with E-state index in [1.54, 1.807) is 12.3 Å². The van der Waals surface area contributed by atoms with Crippen molar-refractivity contribution in [2.45, 2.75) is 19.8 Å². The Bertz CT molecular complexity index is 303. The molecule has 4 nitrogen and oxygen atoms in total. The number of nitrogens with zero attached hydrogens (tertiary/aromatic N) is 2. The Balaban J connectivity index is 2.94. The summed E-state index contributed by atoms with van der Waals surface area (Å²) in [4.78, 5) is 4.05. The molecule has 0 spiro atoms. The standard InChI is InChI=1S/C9H13N3O/c1-6(2)7-3-4-8(11-5-7)9(10)12-13/h3-6,13H,1-2H3,(H2,10,12). The molecule has 0 unspecified atom stereocenters. The number of pyridine rings is 1. The van der Waals surface area contributed by atoms with Crippen molar-refractivity contribution in [3.8, 4) is 0 Å². The molecule has 0 radical (unpaired) electrons. The van der Waals surface area contributed by atoms with Crippen LogP contribution in [-0.2, 0) is 0 Å². The van der Waals surface area contributed by atoms with Crippen LogP contribution in [0.5, 0.6) is 0 Å². The summed E-state index contributed by atoms with van der Waals surface area (Å²) < 4.78 is 0. The van der Waals surface area contributed by atoms with Gasteiger partial charge in [0.1, 0.15) is 5.69 Å². The third-order valence-electron chi connectivity index (χ3n) is 1.82. The number of amidine groups is 1. The lowest BCUT2D eigenvalue weighted by Crippen LogP contribution is -2.14. The first-order valence-corrected chi connectivity index (χ1v) is 4.09. The molecule has 1 aromatic rings. The van der Waals surface area contributed by atoms with E-state index in [0.29, 0.717) is 11.6 Å². The normalized spacial score (nSPS) is 12.1. The fraction of sp³-hybridized carbons (Fsp3) is 0.333. The molecule has 1 aromatic heterocycles. The van der Waals surface area contributed by atoms with Gasteiger partial charge in [0.25, 0.3) is 0 Å². The van der Waals surface area contributed by atoms with Gasteiger partial charge in [0.05, 0.1) is 0 Å². The minimum Gasteiger partial charge on any atom is -0.409 e. The maximum Gasteiger partial charge on any atom is 0.188 e. The van der Waals surface area contributed by atoms with Crippen LogP contribution in [0.1, 0.15) is 31.0 Å². The van der Waals surface area contributed by atoms with E-state index in [4.69, 9.17) is 10.9 Å². The second kappa shape index (κ2) is 3.89. The van der Waals surface area contributed by atoms with Crippen molar-refractivity contribution in [1.82, 2.24) is 4.98 Å². The van der Waals surface area contributed by atoms with Crippen molar-refractivity contribution in [1.29, 1.82) is 0 Å². The Labute approximate surface area is 77.1 Å². The van der Waals surface area contributed by atoms with Gasteiger partial charge in [-0.3, -0.25) is 4.98 Å². The second-order valence-corrected chi connectivity index (χ2v) is 3.12. The molecular weight excluding hydrogens is 166 g/mol. The molecule has 1 rings (SSSR count). The molecule has 0 saturated carbocycles. The van der Waals surface area contributed by atoms with Gasteiger partial charge in [0.2, 0.25) is 0 Å². The van der Waals surface area contributed by atoms with Crippen molar-refractivity contribution >= 4 is 5.84 Å². The van der Waals surface area contributed by atoms with E-state index >= 15 is 0 Å². The van der Waals surface area contributed by atoms with Crippen LogP contribution in [0.25, 0.3) is 0 Å². The van der Waals surface area contributed by atoms with Crippen LogP contribution in [-0.4, -0.2) is 16.0 Å². The maximum atomic E-state index is 8.39. The zero-order valence-electron chi connectivity index (χ0n) is 7.73. The van der Waals surface area contributed by atoms with Gasteiger partial charge in [0, 0.05) is 6.20 Å². The van der Waals surface area contributed by atoms with Gasteiger partial charge in [-0.25, -0.2) is 0 Å². The van der Waals surface area contributed by atoms with Crippen LogP contribution >= 0.6 is 0 Å². The lowest BCUT2D eigenvalue weighted by Gasteiger charge is -2.04. The number of aromatic nitrogens is 1. The number of nitrogens with two attached hydrogens (primary N) is 1. The van der Waals surface area contributed by atoms with Gasteiger partial charge < -0.3 is 10.9 Å². The highest BCUT2D eigenvalue weighted by Crippen LogP contribution is 2.12. The van der Waals surface area contributed by atoms with Gasteiger partial charge in [-0.2, -0.15) is 0 Å². The summed E-state index contributed by atoms with van der Waals surface area (Å²) in [6.07, 6.45) is 1.73. The summed E-state index contributed by atoms with van der Waals surface area (Å²) in [7, 11) is 0. The Morgan fingerprint density at radius 3 is 2.62 bits per heavy atom. The van der Waals surface area contributed by atoms with E-state index in [1.165, 1.54) is 0 Å². The van der Waals surface area contributed by atoms with Crippen LogP contribution in [0.4, 0.5) is 0 Å². The molecule has 3 N–H and O–H groups in total. The topological polar surface area (TPSA) is 71.5 Å². The fourth-order valence-electron chi connectivity index (χ4n) is 0.950. The quantitative estimate of drug-likeness (QED) is 0.311. The number of hydrogen-bond acceptors (Lipinski definition) is 3. The van der Waals surface area contributed by atoms with Crippen LogP contribution < -0.4 is 5.73 Å². The van der Waals surface area contributed by atoms with Crippen molar-refractivity contribution in [3.05, 3.63) is 29.6 Å². The van der Waals surface area contributed by atoms with Crippen LogP contribution in [0.3, 0.4) is 0 Å². The molecule has 0 amide bonds. The van der Waals surface area contributed by atoms with E-state index in [1.807, 2.05) is 6.07 Å². The zero-order chi connectivity index (χ0) is 9.84. The molecule has 0 fully saturated rings. The highest BCUT2D eigenvalue weighted by molar-refractivity contribution is 5.95. The van der Waals surface area contributed by atoms with Crippen LogP contribution in [0.2, 0.25) is 0 Å². The highest BCUT2D eigenvalue weighted by Gasteiger charge is 2.02. The minimum atomic E-state index is 0.0373. The average molecular weight is 179 g/mol. The van der Waals surface area contributed by atoms with Crippen molar-refractivity contribution < 1.29 is 5.21 Å². The summed E-state index contributed by atoms with van der Waals surface area (Å²) >= 11 is 0. The van der Waals surface area contributed by atoms with Crippen LogP contribution in [0.15, 0.2) is 23.5 Å². The molecule has 0 aliphatic heterocycles. The van der Waals surface area contributed by atoms with E-state index < -0.39 is 0 Å². The molecule has 0 aliphatic rings. The summed E-state index contributed by atoms with van der Waals surface area (Å²) in [5.74, 6) is 0.476. The number of hydrogen-bond donors (Lipinski definition) is 2. The predicted molar refractivity (Wildman–Crippen MR) is 50.8 cm³/mol. The molecule has 4 heteroatoms. The minimum absolute atomic E-state index is 0.0373. The molecule has 1 heterocycles. The van der Waals surface area contributed by atoms with Gasteiger partial charge in [-0.15, -0.1) is 0 Å². The summed E-state index contributed by atoms with van der Waals surface area (Å²) in [5.41, 5.74) is 6.98. The lowest BCUT2D eigenvalue weighted by molar-refractivity contribution is 0.318. The third kappa shape index (κ3) is 2.18. The largest absolute Gasteiger partial charge is 0.409 e. The fourth-order valence-corrected chi connectivity index (χ4v) is 0.950. The first-order chi connectivity index (χ1) is 6.15. The second-order valence-electron chi connectivity index (χ2n) is 3.12. The number of oxime groups is 1. The molecule has 0 atom stereocenters. The van der Waals surface area contributed by atoms with E-state index in [-0.39, 0.29) is 5.84 Å². The molecule has 0 aliphatic carbocycles. The molecule has 0 aromatic carbocycles. The van der Waals surface area contributed by atoms with Gasteiger partial charge in [-0.1, -0.05) is 25.1 Å². The highest BCUT2D eigenvalue weighted by atomic mass is 16.4. The SMILES string of the molecule is CC(C)c1ccc(C(N)=NO)nc1. The first kappa shape index (κ1) is 9.51. The molecule has 0 saturated heterocycles. The molecular formula is C9H13N3O. The van der Waals surface area contributed by atoms with E-state index in [9.17, 15) is 0 Å². The monoisotopic (exact) mass is 179 g/mol. The maximum absolute atomic E-state index is 8.39. The van der Waals surface area contributed by atoms with Crippen molar-refractivity contribution in [2.75, 3.05) is 0 Å². The Morgan fingerprint density at radius 1 is 1.54 bits per heavy atom. The van der Waals surface area contributed by atoms with E-state index in [0.717, 1.165) is 5.56 Å². The Kier molecular flexibility index (Phi) is 2.84. The molecule has 0 bridgehead atoms. The Hall–Kier alpha value is -1.58. The summed E-state index contributed by atoms with van der Waals surface area (Å²) in [6.45, 7) is 4.17. The van der Waals surface area contributed by atoms with Crippen molar-refractivity contribution in [2.24, 2.45) is 10.9 Å².